The molecule has 0 aliphatic heterocycles. The number of hydrogen-bond donors (Lipinski definition) is 0. The molecule has 1 aromatic carbocycles. The number of hydrogen-bond acceptors (Lipinski definition) is 3. The van der Waals surface area contributed by atoms with Crippen LogP contribution >= 0.6 is 11.3 Å². The number of benzene rings is 1. The molecule has 0 aliphatic rings. The van der Waals surface area contributed by atoms with Crippen molar-refractivity contribution in [3.05, 3.63) is 35.2 Å². The van der Waals surface area contributed by atoms with Crippen LogP contribution in [-0.4, -0.2) is 13.1 Å². The van der Waals surface area contributed by atoms with Crippen molar-refractivity contribution < 1.29 is 9.53 Å². The molecule has 0 spiro atoms. The quantitative estimate of drug-likeness (QED) is 0.647. The Kier molecular flexibility index (Phi) is 2.02. The molecule has 65 valence electrons. The summed E-state index contributed by atoms with van der Waals surface area (Å²) >= 11 is 1.54. The standard InChI is InChI=1S/C10H7O2S/c1-12-10(11)8-2-3-9-7(6-8)4-5-13-9/h2-4,6H,1H3. The van der Waals surface area contributed by atoms with Crippen molar-refractivity contribution in [1.82, 2.24) is 0 Å². The van der Waals surface area contributed by atoms with E-state index < -0.39 is 0 Å². The zero-order chi connectivity index (χ0) is 9.26. The third kappa shape index (κ3) is 1.42. The molecule has 13 heavy (non-hydrogen) atoms. The zero-order valence-electron chi connectivity index (χ0n) is 7.03. The number of carbonyl (C=O) groups is 1. The minimum atomic E-state index is -0.298. The van der Waals surface area contributed by atoms with E-state index in [1.807, 2.05) is 18.2 Å². The summed E-state index contributed by atoms with van der Waals surface area (Å²) < 4.78 is 5.75. The molecule has 0 bridgehead atoms. The molecule has 2 aromatic rings. The van der Waals surface area contributed by atoms with Crippen molar-refractivity contribution in [2.24, 2.45) is 0 Å². The highest BCUT2D eigenvalue weighted by Gasteiger charge is 2.05. The Labute approximate surface area is 79.8 Å². The average Bonchev–Trinajstić information content (AvgIpc) is 2.63. The predicted octanol–water partition coefficient (Wildman–Crippen LogP) is 2.49. The van der Waals surface area contributed by atoms with Crippen LogP contribution in [0.4, 0.5) is 0 Å². The summed E-state index contributed by atoms with van der Waals surface area (Å²) in [5, 5.41) is 4.05. The molecule has 0 saturated carbocycles. The number of ether oxygens (including phenoxy) is 1. The molecule has 0 unspecified atom stereocenters. The second-order valence-corrected chi connectivity index (χ2v) is 3.49. The van der Waals surface area contributed by atoms with E-state index in [1.165, 1.54) is 18.4 Å². The van der Waals surface area contributed by atoms with Gasteiger partial charge in [-0.15, -0.1) is 11.3 Å². The van der Waals surface area contributed by atoms with Gasteiger partial charge in [-0.05, 0) is 29.7 Å². The topological polar surface area (TPSA) is 26.3 Å². The van der Waals surface area contributed by atoms with Crippen LogP contribution in [0.2, 0.25) is 0 Å². The predicted molar refractivity (Wildman–Crippen MR) is 52.0 cm³/mol. The summed E-state index contributed by atoms with van der Waals surface area (Å²) in [5.74, 6) is -0.298. The first-order valence-electron chi connectivity index (χ1n) is 3.79. The van der Waals surface area contributed by atoms with E-state index in [2.05, 4.69) is 10.1 Å². The summed E-state index contributed by atoms with van der Waals surface area (Å²) in [4.78, 5) is 11.1. The number of methoxy groups -OCH3 is 1. The van der Waals surface area contributed by atoms with Crippen molar-refractivity contribution in [3.8, 4) is 0 Å². The first-order chi connectivity index (χ1) is 6.31. The largest absolute Gasteiger partial charge is 0.465 e. The third-order valence-corrected chi connectivity index (χ3v) is 2.64. The van der Waals surface area contributed by atoms with E-state index in [1.54, 1.807) is 6.07 Å². The molecule has 0 saturated heterocycles. The number of fused-ring (bicyclic) bond motifs is 1. The maximum atomic E-state index is 11.1. The number of rotatable bonds is 1. The highest BCUT2D eigenvalue weighted by atomic mass is 32.1. The third-order valence-electron chi connectivity index (χ3n) is 1.81. The Hall–Kier alpha value is -1.35. The summed E-state index contributed by atoms with van der Waals surface area (Å²) in [6.45, 7) is 0. The Bertz CT molecular complexity index is 445. The average molecular weight is 191 g/mol. The van der Waals surface area contributed by atoms with Crippen LogP contribution in [0, 0.1) is 5.38 Å². The molecule has 1 aromatic heterocycles. The van der Waals surface area contributed by atoms with Crippen molar-refractivity contribution in [1.29, 1.82) is 0 Å². The normalized spacial score (nSPS) is 10.2. The molecule has 0 N–H and O–H groups in total. The molecule has 0 atom stereocenters. The lowest BCUT2D eigenvalue weighted by atomic mass is 10.2. The van der Waals surface area contributed by atoms with E-state index in [9.17, 15) is 4.79 Å². The van der Waals surface area contributed by atoms with Crippen molar-refractivity contribution in [3.63, 3.8) is 0 Å². The monoisotopic (exact) mass is 191 g/mol. The van der Waals surface area contributed by atoms with Gasteiger partial charge in [0, 0.05) is 10.1 Å². The molecule has 2 rings (SSSR count). The number of thiophene rings is 1. The molecule has 0 amide bonds. The summed E-state index contributed by atoms with van der Waals surface area (Å²) in [7, 11) is 1.38. The lowest BCUT2D eigenvalue weighted by Gasteiger charge is -1.97. The first kappa shape index (κ1) is 8.26. The highest BCUT2D eigenvalue weighted by molar-refractivity contribution is 7.16. The summed E-state index contributed by atoms with van der Waals surface area (Å²) in [6, 6.07) is 7.35. The van der Waals surface area contributed by atoms with Crippen LogP contribution < -0.4 is 0 Å². The van der Waals surface area contributed by atoms with Gasteiger partial charge in [-0.1, -0.05) is 0 Å². The number of carbonyl (C=O) groups excluding carboxylic acids is 1. The second kappa shape index (κ2) is 3.18. The van der Waals surface area contributed by atoms with Gasteiger partial charge < -0.3 is 4.74 Å². The van der Waals surface area contributed by atoms with Crippen LogP contribution in [0.15, 0.2) is 24.3 Å². The molecule has 3 heteroatoms. The fourth-order valence-electron chi connectivity index (χ4n) is 1.16. The molecule has 1 radical (unpaired) electrons. The fraction of sp³-hybridized carbons (Fsp3) is 0.100. The van der Waals surface area contributed by atoms with E-state index in [0.29, 0.717) is 5.56 Å². The lowest BCUT2D eigenvalue weighted by molar-refractivity contribution is 0.0601. The lowest BCUT2D eigenvalue weighted by Crippen LogP contribution is -1.99. The van der Waals surface area contributed by atoms with Gasteiger partial charge in [0.25, 0.3) is 0 Å². The molecular formula is C10H7O2S. The number of esters is 1. The minimum Gasteiger partial charge on any atom is -0.465 e. The second-order valence-electron chi connectivity index (χ2n) is 2.61. The Balaban J connectivity index is 2.54. The minimum absolute atomic E-state index is 0.298. The summed E-state index contributed by atoms with van der Waals surface area (Å²) in [5.41, 5.74) is 0.585. The fourth-order valence-corrected chi connectivity index (χ4v) is 1.84. The van der Waals surface area contributed by atoms with E-state index in [0.717, 1.165) is 10.1 Å². The van der Waals surface area contributed by atoms with Gasteiger partial charge >= 0.3 is 5.97 Å². The first-order valence-corrected chi connectivity index (χ1v) is 4.61. The van der Waals surface area contributed by atoms with Gasteiger partial charge in [-0.2, -0.15) is 0 Å². The van der Waals surface area contributed by atoms with Gasteiger partial charge in [0.05, 0.1) is 12.7 Å². The molecule has 2 nitrogen and oxygen atoms in total. The van der Waals surface area contributed by atoms with Crippen molar-refractivity contribution in [2.45, 2.75) is 0 Å². The Morgan fingerprint density at radius 3 is 3.15 bits per heavy atom. The van der Waals surface area contributed by atoms with Gasteiger partial charge in [0.15, 0.2) is 0 Å². The highest BCUT2D eigenvalue weighted by Crippen LogP contribution is 2.21. The van der Waals surface area contributed by atoms with E-state index >= 15 is 0 Å². The van der Waals surface area contributed by atoms with Crippen molar-refractivity contribution >= 4 is 27.4 Å². The van der Waals surface area contributed by atoms with Crippen LogP contribution in [0.3, 0.4) is 0 Å². The molecular weight excluding hydrogens is 184 g/mol. The SMILES string of the molecule is COC(=O)c1ccc2s[c]cc2c1. The maximum Gasteiger partial charge on any atom is 0.337 e. The molecule has 0 fully saturated rings. The van der Waals surface area contributed by atoms with Crippen LogP contribution in [-0.2, 0) is 4.74 Å². The summed E-state index contributed by atoms with van der Waals surface area (Å²) in [6.07, 6.45) is 0. The molecule has 0 aliphatic carbocycles. The molecule has 1 heterocycles. The van der Waals surface area contributed by atoms with Gasteiger partial charge in [-0.3, -0.25) is 0 Å². The van der Waals surface area contributed by atoms with Gasteiger partial charge in [0.2, 0.25) is 0 Å². The van der Waals surface area contributed by atoms with E-state index in [4.69, 9.17) is 0 Å². The van der Waals surface area contributed by atoms with Gasteiger partial charge in [-0.25, -0.2) is 4.79 Å². The Morgan fingerprint density at radius 2 is 2.38 bits per heavy atom. The maximum absolute atomic E-state index is 11.1. The van der Waals surface area contributed by atoms with E-state index in [-0.39, 0.29) is 5.97 Å². The Morgan fingerprint density at radius 1 is 1.54 bits per heavy atom. The van der Waals surface area contributed by atoms with Crippen LogP contribution in [0.1, 0.15) is 10.4 Å². The smallest absolute Gasteiger partial charge is 0.337 e. The van der Waals surface area contributed by atoms with Crippen LogP contribution in [0.25, 0.3) is 10.1 Å². The zero-order valence-corrected chi connectivity index (χ0v) is 7.85. The van der Waals surface area contributed by atoms with Crippen molar-refractivity contribution in [2.75, 3.05) is 7.11 Å². The van der Waals surface area contributed by atoms with Crippen LogP contribution in [0.5, 0.6) is 0 Å². The van der Waals surface area contributed by atoms with Gasteiger partial charge in [0.1, 0.15) is 0 Å².